The van der Waals surface area contributed by atoms with Crippen LogP contribution in [0.25, 0.3) is 0 Å². The van der Waals surface area contributed by atoms with Crippen molar-refractivity contribution in [2.24, 2.45) is 0 Å². The SMILES string of the molecule is Cc1nc(C(=O)N2CCCC2)c(C)n1C1CCN(C)CC1. The van der Waals surface area contributed by atoms with E-state index in [1.54, 1.807) is 0 Å². The highest BCUT2D eigenvalue weighted by Gasteiger charge is 2.28. The van der Waals surface area contributed by atoms with Crippen LogP contribution in [0.2, 0.25) is 0 Å². The first-order valence-corrected chi connectivity index (χ1v) is 8.11. The Labute approximate surface area is 126 Å². The summed E-state index contributed by atoms with van der Waals surface area (Å²) in [6.07, 6.45) is 4.54. The quantitative estimate of drug-likeness (QED) is 0.836. The lowest BCUT2D eigenvalue weighted by Crippen LogP contribution is -2.32. The molecule has 2 aliphatic heterocycles. The number of nitrogens with zero attached hydrogens (tertiary/aromatic N) is 4. The van der Waals surface area contributed by atoms with Crippen LogP contribution < -0.4 is 0 Å². The highest BCUT2D eigenvalue weighted by Crippen LogP contribution is 2.27. The van der Waals surface area contributed by atoms with Gasteiger partial charge in [0.15, 0.2) is 0 Å². The van der Waals surface area contributed by atoms with E-state index in [0.717, 1.165) is 63.4 Å². The first-order valence-electron chi connectivity index (χ1n) is 8.11. The lowest BCUT2D eigenvalue weighted by molar-refractivity contribution is 0.0786. The van der Waals surface area contributed by atoms with Crippen molar-refractivity contribution in [2.45, 2.75) is 45.6 Å². The molecule has 3 heterocycles. The number of aromatic nitrogens is 2. The van der Waals surface area contributed by atoms with Crippen LogP contribution >= 0.6 is 0 Å². The van der Waals surface area contributed by atoms with Crippen molar-refractivity contribution in [1.82, 2.24) is 19.4 Å². The Bertz CT molecular complexity index is 523. The normalized spacial score (nSPS) is 21.2. The van der Waals surface area contributed by atoms with Gasteiger partial charge in [0, 0.05) is 24.8 Å². The summed E-state index contributed by atoms with van der Waals surface area (Å²) >= 11 is 0. The molecule has 0 atom stereocenters. The van der Waals surface area contributed by atoms with Crippen molar-refractivity contribution in [3.63, 3.8) is 0 Å². The molecule has 21 heavy (non-hydrogen) atoms. The topological polar surface area (TPSA) is 41.4 Å². The van der Waals surface area contributed by atoms with Crippen molar-refractivity contribution in [1.29, 1.82) is 0 Å². The van der Waals surface area contributed by atoms with Gasteiger partial charge < -0.3 is 14.4 Å². The fraction of sp³-hybridized carbons (Fsp3) is 0.750. The third-order valence-electron chi connectivity index (χ3n) is 4.98. The van der Waals surface area contributed by atoms with Crippen LogP contribution in [0.4, 0.5) is 0 Å². The van der Waals surface area contributed by atoms with E-state index >= 15 is 0 Å². The van der Waals surface area contributed by atoms with Crippen LogP contribution in [0.5, 0.6) is 0 Å². The van der Waals surface area contributed by atoms with Crippen LogP contribution in [0.3, 0.4) is 0 Å². The van der Waals surface area contributed by atoms with Crippen molar-refractivity contribution in [3.05, 3.63) is 17.2 Å². The first-order chi connectivity index (χ1) is 10.1. The summed E-state index contributed by atoms with van der Waals surface area (Å²) in [5, 5.41) is 0. The number of piperidine rings is 1. The summed E-state index contributed by atoms with van der Waals surface area (Å²) in [5.74, 6) is 1.12. The van der Waals surface area contributed by atoms with E-state index in [2.05, 4.69) is 28.4 Å². The second-order valence-corrected chi connectivity index (χ2v) is 6.50. The number of aryl methyl sites for hydroxylation is 1. The minimum absolute atomic E-state index is 0.125. The van der Waals surface area contributed by atoms with Crippen molar-refractivity contribution in [2.75, 3.05) is 33.2 Å². The fourth-order valence-electron chi connectivity index (χ4n) is 3.72. The van der Waals surface area contributed by atoms with Gasteiger partial charge in [0.1, 0.15) is 11.5 Å². The Morgan fingerprint density at radius 3 is 2.33 bits per heavy atom. The zero-order valence-electron chi connectivity index (χ0n) is 13.4. The number of likely N-dealkylation sites (tertiary alicyclic amines) is 2. The summed E-state index contributed by atoms with van der Waals surface area (Å²) in [6, 6.07) is 0.494. The van der Waals surface area contributed by atoms with Crippen LogP contribution in [-0.2, 0) is 0 Å². The Hall–Kier alpha value is -1.36. The molecule has 1 aromatic heterocycles. The number of hydrogen-bond acceptors (Lipinski definition) is 3. The second-order valence-electron chi connectivity index (χ2n) is 6.50. The van der Waals surface area contributed by atoms with Crippen LogP contribution in [-0.4, -0.2) is 58.5 Å². The van der Waals surface area contributed by atoms with E-state index in [4.69, 9.17) is 0 Å². The molecule has 0 unspecified atom stereocenters. The van der Waals surface area contributed by atoms with E-state index in [1.807, 2.05) is 11.8 Å². The van der Waals surface area contributed by atoms with E-state index in [9.17, 15) is 4.79 Å². The van der Waals surface area contributed by atoms with E-state index in [0.29, 0.717) is 11.7 Å². The predicted molar refractivity (Wildman–Crippen MR) is 82.6 cm³/mol. The summed E-state index contributed by atoms with van der Waals surface area (Å²) in [5.41, 5.74) is 1.73. The van der Waals surface area contributed by atoms with Gasteiger partial charge in [-0.25, -0.2) is 4.98 Å². The molecule has 0 aliphatic carbocycles. The molecule has 2 fully saturated rings. The number of rotatable bonds is 2. The van der Waals surface area contributed by atoms with E-state index in [1.165, 1.54) is 0 Å². The third-order valence-corrected chi connectivity index (χ3v) is 4.98. The van der Waals surface area contributed by atoms with Gasteiger partial charge in [0.2, 0.25) is 0 Å². The molecule has 2 saturated heterocycles. The average molecular weight is 290 g/mol. The largest absolute Gasteiger partial charge is 0.337 e. The molecule has 0 aromatic carbocycles. The van der Waals surface area contributed by atoms with Crippen molar-refractivity contribution in [3.8, 4) is 0 Å². The summed E-state index contributed by atoms with van der Waals surface area (Å²) < 4.78 is 2.30. The highest BCUT2D eigenvalue weighted by atomic mass is 16.2. The molecule has 1 aromatic rings. The second kappa shape index (κ2) is 5.79. The molecule has 0 radical (unpaired) electrons. The maximum Gasteiger partial charge on any atom is 0.274 e. The Balaban J connectivity index is 1.84. The minimum Gasteiger partial charge on any atom is -0.337 e. The minimum atomic E-state index is 0.125. The highest BCUT2D eigenvalue weighted by molar-refractivity contribution is 5.93. The Morgan fingerprint density at radius 2 is 1.71 bits per heavy atom. The smallest absolute Gasteiger partial charge is 0.274 e. The molecule has 0 bridgehead atoms. The van der Waals surface area contributed by atoms with Crippen molar-refractivity contribution >= 4 is 5.91 Å². The summed E-state index contributed by atoms with van der Waals surface area (Å²) in [6.45, 7) is 8.11. The molecule has 3 rings (SSSR count). The van der Waals surface area contributed by atoms with E-state index < -0.39 is 0 Å². The number of hydrogen-bond donors (Lipinski definition) is 0. The van der Waals surface area contributed by atoms with Gasteiger partial charge in [-0.05, 0) is 59.7 Å². The van der Waals surface area contributed by atoms with Gasteiger partial charge in [0.05, 0.1) is 0 Å². The molecule has 0 N–H and O–H groups in total. The molecule has 2 aliphatic rings. The number of imidazole rings is 1. The zero-order valence-corrected chi connectivity index (χ0v) is 13.4. The van der Waals surface area contributed by atoms with Gasteiger partial charge in [-0.3, -0.25) is 4.79 Å². The number of carbonyl (C=O) groups excluding carboxylic acids is 1. The van der Waals surface area contributed by atoms with Crippen molar-refractivity contribution < 1.29 is 4.79 Å². The lowest BCUT2D eigenvalue weighted by Gasteiger charge is -2.31. The predicted octanol–water partition coefficient (Wildman–Crippen LogP) is 2.00. The molecule has 0 spiro atoms. The molecular weight excluding hydrogens is 264 g/mol. The number of carbonyl (C=O) groups is 1. The molecular formula is C16H26N4O. The van der Waals surface area contributed by atoms with Crippen LogP contribution in [0, 0.1) is 13.8 Å². The number of amides is 1. The average Bonchev–Trinajstić information content (AvgIpc) is 3.08. The standard InChI is InChI=1S/C16H26N4O/c1-12-15(16(21)19-8-4-5-9-19)17-13(2)20(12)14-6-10-18(3)11-7-14/h14H,4-11H2,1-3H3. The fourth-order valence-corrected chi connectivity index (χ4v) is 3.72. The van der Waals surface area contributed by atoms with Gasteiger partial charge in [-0.15, -0.1) is 0 Å². The Kier molecular flexibility index (Phi) is 4.02. The first kappa shape index (κ1) is 14.6. The van der Waals surface area contributed by atoms with Gasteiger partial charge in [-0.2, -0.15) is 0 Å². The van der Waals surface area contributed by atoms with E-state index in [-0.39, 0.29) is 5.91 Å². The van der Waals surface area contributed by atoms with Crippen LogP contribution in [0.15, 0.2) is 0 Å². The molecule has 1 amide bonds. The Morgan fingerprint density at radius 1 is 1.10 bits per heavy atom. The molecule has 5 nitrogen and oxygen atoms in total. The maximum atomic E-state index is 12.6. The van der Waals surface area contributed by atoms with Gasteiger partial charge >= 0.3 is 0 Å². The van der Waals surface area contributed by atoms with Crippen LogP contribution in [0.1, 0.15) is 53.7 Å². The monoisotopic (exact) mass is 290 g/mol. The zero-order chi connectivity index (χ0) is 15.0. The third kappa shape index (κ3) is 2.71. The lowest BCUT2D eigenvalue weighted by atomic mass is 10.0. The molecule has 116 valence electrons. The maximum absolute atomic E-state index is 12.6. The molecule has 0 saturated carbocycles. The summed E-state index contributed by atoms with van der Waals surface area (Å²) in [4.78, 5) is 21.5. The van der Waals surface area contributed by atoms with Gasteiger partial charge in [0.25, 0.3) is 5.91 Å². The van der Waals surface area contributed by atoms with Gasteiger partial charge in [-0.1, -0.05) is 0 Å². The summed E-state index contributed by atoms with van der Waals surface area (Å²) in [7, 11) is 2.17. The molecule has 5 heteroatoms.